The summed E-state index contributed by atoms with van der Waals surface area (Å²) in [6.07, 6.45) is 0. The Bertz CT molecular complexity index is 978. The van der Waals surface area contributed by atoms with Crippen molar-refractivity contribution in [3.63, 3.8) is 0 Å². The fourth-order valence-corrected chi connectivity index (χ4v) is 4.30. The third-order valence-corrected chi connectivity index (χ3v) is 6.27. The fraction of sp³-hybridized carbons (Fsp3) is 0.235. The number of hydrogen-bond acceptors (Lipinski definition) is 6. The van der Waals surface area contributed by atoms with Crippen molar-refractivity contribution in [3.05, 3.63) is 45.9 Å². The summed E-state index contributed by atoms with van der Waals surface area (Å²) in [5.74, 6) is -0.266. The van der Waals surface area contributed by atoms with Crippen molar-refractivity contribution in [1.82, 2.24) is 0 Å². The molecule has 0 heterocycles. The van der Waals surface area contributed by atoms with Crippen LogP contribution in [0.5, 0.6) is 11.5 Å². The van der Waals surface area contributed by atoms with Gasteiger partial charge in [0.05, 0.1) is 37.6 Å². The van der Waals surface area contributed by atoms with Crippen LogP contribution in [-0.4, -0.2) is 42.8 Å². The number of carbonyl (C=O) groups is 1. The first-order valence-corrected chi connectivity index (χ1v) is 9.65. The molecular weight excluding hydrogens is 417 g/mol. The van der Waals surface area contributed by atoms with Crippen LogP contribution in [0.1, 0.15) is 10.4 Å². The molecule has 2 aromatic carbocycles. The van der Waals surface area contributed by atoms with Gasteiger partial charge in [0.25, 0.3) is 10.0 Å². The monoisotopic (exact) mass is 433 g/mol. The van der Waals surface area contributed by atoms with E-state index in [4.69, 9.17) is 37.4 Å². The van der Waals surface area contributed by atoms with E-state index in [0.29, 0.717) is 0 Å². The summed E-state index contributed by atoms with van der Waals surface area (Å²) in [6.45, 7) is 0. The number of ether oxygens (including phenoxy) is 3. The predicted molar refractivity (Wildman–Crippen MR) is 103 cm³/mol. The van der Waals surface area contributed by atoms with Gasteiger partial charge in [-0.2, -0.15) is 0 Å². The lowest BCUT2D eigenvalue weighted by molar-refractivity contribution is 0.0601. The minimum Gasteiger partial charge on any atom is -0.493 e. The molecule has 2 aromatic rings. The van der Waals surface area contributed by atoms with Crippen LogP contribution in [0.4, 0.5) is 5.69 Å². The van der Waals surface area contributed by atoms with E-state index < -0.39 is 16.0 Å². The number of hydrogen-bond donors (Lipinski definition) is 0. The van der Waals surface area contributed by atoms with Crippen molar-refractivity contribution >= 4 is 44.9 Å². The molecule has 0 unspecified atom stereocenters. The molecule has 0 aromatic heterocycles. The zero-order valence-corrected chi connectivity index (χ0v) is 17.3. The van der Waals surface area contributed by atoms with E-state index in [1.54, 1.807) is 0 Å². The number of halogens is 2. The summed E-state index contributed by atoms with van der Waals surface area (Å²) in [6, 6.07) is 6.78. The molecule has 146 valence electrons. The van der Waals surface area contributed by atoms with Crippen LogP contribution in [0.3, 0.4) is 0 Å². The molecule has 0 aliphatic rings. The predicted octanol–water partition coefficient (Wildman–Crippen LogP) is 3.62. The number of anilines is 1. The van der Waals surface area contributed by atoms with Crippen molar-refractivity contribution in [2.75, 3.05) is 32.7 Å². The van der Waals surface area contributed by atoms with Gasteiger partial charge in [0.2, 0.25) is 0 Å². The Morgan fingerprint density at radius 1 is 1.00 bits per heavy atom. The third kappa shape index (κ3) is 4.07. The van der Waals surface area contributed by atoms with Gasteiger partial charge in [-0.25, -0.2) is 13.2 Å². The van der Waals surface area contributed by atoms with Crippen LogP contribution < -0.4 is 13.8 Å². The summed E-state index contributed by atoms with van der Waals surface area (Å²) in [5.41, 5.74) is -0.00471. The Kier molecular flexibility index (Phi) is 6.46. The van der Waals surface area contributed by atoms with Gasteiger partial charge in [0, 0.05) is 24.2 Å². The number of methoxy groups -OCH3 is 3. The normalized spacial score (nSPS) is 11.0. The number of nitrogens with zero attached hydrogens (tertiary/aromatic N) is 1. The molecule has 7 nitrogen and oxygen atoms in total. The lowest BCUT2D eigenvalue weighted by Crippen LogP contribution is -2.28. The van der Waals surface area contributed by atoms with Gasteiger partial charge < -0.3 is 14.2 Å². The molecule has 0 atom stereocenters. The lowest BCUT2D eigenvalue weighted by Gasteiger charge is -2.23. The molecule has 2 rings (SSSR count). The Labute approximate surface area is 167 Å². The quantitative estimate of drug-likeness (QED) is 0.646. The molecule has 0 N–H and O–H groups in total. The molecule has 0 radical (unpaired) electrons. The summed E-state index contributed by atoms with van der Waals surface area (Å²) in [4.78, 5) is 12.0. The molecule has 10 heteroatoms. The average Bonchev–Trinajstić information content (AvgIpc) is 2.67. The van der Waals surface area contributed by atoms with Gasteiger partial charge in [0.1, 0.15) is 4.90 Å². The Morgan fingerprint density at radius 2 is 1.59 bits per heavy atom. The highest BCUT2D eigenvalue weighted by Crippen LogP contribution is 2.38. The minimum absolute atomic E-state index is 0.00801. The van der Waals surface area contributed by atoms with Gasteiger partial charge in [-0.3, -0.25) is 4.31 Å². The van der Waals surface area contributed by atoms with Crippen molar-refractivity contribution in [2.45, 2.75) is 4.90 Å². The highest BCUT2D eigenvalue weighted by atomic mass is 35.5. The van der Waals surface area contributed by atoms with Crippen LogP contribution >= 0.6 is 23.2 Å². The molecule has 0 aliphatic carbocycles. The molecule has 0 fully saturated rings. The van der Waals surface area contributed by atoms with Crippen LogP contribution in [0, 0.1) is 0 Å². The first kappa shape index (κ1) is 21.1. The highest BCUT2D eigenvalue weighted by Gasteiger charge is 2.29. The Morgan fingerprint density at radius 3 is 2.15 bits per heavy atom. The van der Waals surface area contributed by atoms with E-state index in [2.05, 4.69) is 0 Å². The zero-order chi connectivity index (χ0) is 20.4. The van der Waals surface area contributed by atoms with Crippen molar-refractivity contribution in [2.24, 2.45) is 0 Å². The van der Waals surface area contributed by atoms with Gasteiger partial charge in [0.15, 0.2) is 11.5 Å². The highest BCUT2D eigenvalue weighted by molar-refractivity contribution is 7.93. The summed E-state index contributed by atoms with van der Waals surface area (Å²) in [5, 5.41) is 0.193. The van der Waals surface area contributed by atoms with E-state index in [1.165, 1.54) is 58.7 Å². The second-order valence-corrected chi connectivity index (χ2v) is 8.04. The number of carbonyl (C=O) groups excluding carboxylic acids is 1. The molecule has 0 saturated heterocycles. The molecule has 0 saturated carbocycles. The van der Waals surface area contributed by atoms with E-state index in [1.807, 2.05) is 0 Å². The van der Waals surface area contributed by atoms with Gasteiger partial charge in [-0.05, 0) is 18.2 Å². The number of rotatable bonds is 6. The minimum atomic E-state index is -4.14. The first-order chi connectivity index (χ1) is 12.7. The van der Waals surface area contributed by atoms with E-state index in [9.17, 15) is 13.2 Å². The number of benzene rings is 2. The fourth-order valence-electron chi connectivity index (χ4n) is 2.35. The molecular formula is C17H17Cl2NO6S. The molecule has 0 aliphatic heterocycles. The van der Waals surface area contributed by atoms with Gasteiger partial charge in [-0.15, -0.1) is 0 Å². The number of sulfonamides is 1. The maximum absolute atomic E-state index is 13.1. The van der Waals surface area contributed by atoms with Crippen LogP contribution in [0.2, 0.25) is 10.0 Å². The first-order valence-electron chi connectivity index (χ1n) is 7.45. The van der Waals surface area contributed by atoms with Crippen molar-refractivity contribution < 1.29 is 27.4 Å². The molecule has 0 amide bonds. The number of esters is 1. The van der Waals surface area contributed by atoms with Crippen LogP contribution in [-0.2, 0) is 14.8 Å². The Balaban J connectivity index is 2.71. The van der Waals surface area contributed by atoms with E-state index >= 15 is 0 Å². The maximum Gasteiger partial charge on any atom is 0.340 e. The molecule has 27 heavy (non-hydrogen) atoms. The maximum atomic E-state index is 13.1. The summed E-state index contributed by atoms with van der Waals surface area (Å²) in [7, 11) is 1.11. The molecule has 0 bridgehead atoms. The van der Waals surface area contributed by atoms with Crippen molar-refractivity contribution in [1.29, 1.82) is 0 Å². The van der Waals surface area contributed by atoms with Gasteiger partial charge in [-0.1, -0.05) is 23.2 Å². The van der Waals surface area contributed by atoms with E-state index in [0.717, 1.165) is 4.31 Å². The summed E-state index contributed by atoms with van der Waals surface area (Å²) >= 11 is 12.0. The largest absolute Gasteiger partial charge is 0.493 e. The van der Waals surface area contributed by atoms with Gasteiger partial charge >= 0.3 is 5.97 Å². The third-order valence-electron chi connectivity index (χ3n) is 3.78. The average molecular weight is 434 g/mol. The second-order valence-electron chi connectivity index (χ2n) is 5.26. The SMILES string of the molecule is COC(=O)c1cc(OC)c(OC)cc1N(C)S(=O)(=O)c1cc(Cl)ccc1Cl. The topological polar surface area (TPSA) is 82.1 Å². The smallest absolute Gasteiger partial charge is 0.340 e. The molecule has 0 spiro atoms. The van der Waals surface area contributed by atoms with Crippen LogP contribution in [0.15, 0.2) is 35.2 Å². The second kappa shape index (κ2) is 8.24. The van der Waals surface area contributed by atoms with E-state index in [-0.39, 0.29) is 37.7 Å². The summed E-state index contributed by atoms with van der Waals surface area (Å²) < 4.78 is 42.2. The standard InChI is InChI=1S/C17H17Cl2NO6S/c1-20(27(22,23)16-7-10(18)5-6-12(16)19)13-9-15(25-3)14(24-2)8-11(13)17(21)26-4/h5-9H,1-4H3. The lowest BCUT2D eigenvalue weighted by atomic mass is 10.1. The Hall–Kier alpha value is -2.16. The van der Waals surface area contributed by atoms with Crippen molar-refractivity contribution in [3.8, 4) is 11.5 Å². The zero-order valence-electron chi connectivity index (χ0n) is 14.9. The van der Waals surface area contributed by atoms with Crippen LogP contribution in [0.25, 0.3) is 0 Å².